The van der Waals surface area contributed by atoms with E-state index < -0.39 is 18.0 Å². The molecular weight excluding hydrogens is 575 g/mol. The van der Waals surface area contributed by atoms with Crippen LogP contribution in [0.2, 0.25) is 0 Å². The number of nitrogens with one attached hydrogen (secondary N) is 1. The van der Waals surface area contributed by atoms with Gasteiger partial charge in [0.05, 0.1) is 30.1 Å². The molecule has 0 bridgehead atoms. The fourth-order valence-corrected chi connectivity index (χ4v) is 5.57. The molecule has 0 atom stereocenters. The molecule has 5 aromatic rings. The minimum Gasteiger partial charge on any atom is -0.486 e. The number of benzene rings is 2. The Bertz CT molecular complexity index is 2030. The molecule has 0 spiro atoms. The molecule has 10 nitrogen and oxygen atoms in total. The van der Waals surface area contributed by atoms with E-state index in [2.05, 4.69) is 20.3 Å². The molecule has 1 fully saturated rings. The lowest BCUT2D eigenvalue weighted by molar-refractivity contribution is 0.0386. The second kappa shape index (κ2) is 11.6. The summed E-state index contributed by atoms with van der Waals surface area (Å²) in [6, 6.07) is 13.5. The van der Waals surface area contributed by atoms with Gasteiger partial charge in [-0.25, -0.2) is 9.37 Å². The topological polar surface area (TPSA) is 115 Å². The average Bonchev–Trinajstić information content (AvgIpc) is 2.98. The van der Waals surface area contributed by atoms with Gasteiger partial charge in [0.2, 0.25) is 0 Å². The van der Waals surface area contributed by atoms with Gasteiger partial charge in [0, 0.05) is 42.8 Å². The van der Waals surface area contributed by atoms with Crippen LogP contribution < -0.4 is 21.2 Å². The Kier molecular flexibility index (Phi) is 7.75. The van der Waals surface area contributed by atoms with Crippen molar-refractivity contribution in [1.82, 2.24) is 24.2 Å². The van der Waals surface area contributed by atoms with Crippen molar-refractivity contribution in [3.8, 4) is 22.6 Å². The Balaban J connectivity index is 1.36. The highest BCUT2D eigenvalue weighted by Crippen LogP contribution is 2.31. The largest absolute Gasteiger partial charge is 0.486 e. The number of aryl methyl sites for hydroxylation is 1. The second-order valence-electron chi connectivity index (χ2n) is 12.5. The Morgan fingerprint density at radius 2 is 1.82 bits per heavy atom. The first-order valence-electron chi connectivity index (χ1n) is 14.7. The summed E-state index contributed by atoms with van der Waals surface area (Å²) in [5.74, 6) is 0.483. The summed E-state index contributed by atoms with van der Waals surface area (Å²) < 4.78 is 23.8. The van der Waals surface area contributed by atoms with Crippen molar-refractivity contribution in [3.63, 3.8) is 0 Å². The molecule has 0 unspecified atom stereocenters. The molecule has 0 amide bonds. The Labute approximate surface area is 259 Å². The number of rotatable bonds is 7. The molecule has 0 radical (unpaired) electrons. The minimum absolute atomic E-state index is 0.0789. The highest BCUT2D eigenvalue weighted by atomic mass is 19.1. The number of pyridine rings is 2. The quantitative estimate of drug-likeness (QED) is 0.277. The lowest BCUT2D eigenvalue weighted by atomic mass is 9.86. The van der Waals surface area contributed by atoms with Gasteiger partial charge in [-0.1, -0.05) is 32.9 Å². The third-order valence-electron chi connectivity index (χ3n) is 8.07. The first kappa shape index (κ1) is 30.2. The number of nitrogens with zero attached hydrogens (tertiary/aromatic N) is 5. The van der Waals surface area contributed by atoms with E-state index >= 15 is 4.39 Å². The number of ether oxygens (including phenoxy) is 1. The maximum Gasteiger partial charge on any atom is 0.282 e. The molecule has 1 aliphatic heterocycles. The van der Waals surface area contributed by atoms with Crippen molar-refractivity contribution in [2.24, 2.45) is 7.05 Å². The Morgan fingerprint density at radius 1 is 1.04 bits per heavy atom. The number of anilines is 2. The zero-order chi connectivity index (χ0) is 32.0. The van der Waals surface area contributed by atoms with Gasteiger partial charge in [0.15, 0.2) is 0 Å². The first-order valence-corrected chi connectivity index (χ1v) is 14.7. The lowest BCUT2D eigenvalue weighted by Crippen LogP contribution is -2.51. The zero-order valence-corrected chi connectivity index (χ0v) is 25.8. The summed E-state index contributed by atoms with van der Waals surface area (Å²) in [6.45, 7) is 7.20. The van der Waals surface area contributed by atoms with Crippen LogP contribution in [0, 0.1) is 5.82 Å². The van der Waals surface area contributed by atoms with Gasteiger partial charge in [-0.05, 0) is 60.0 Å². The van der Waals surface area contributed by atoms with Gasteiger partial charge < -0.3 is 19.7 Å². The van der Waals surface area contributed by atoms with Crippen molar-refractivity contribution in [1.29, 1.82) is 0 Å². The third-order valence-corrected chi connectivity index (χ3v) is 8.07. The van der Waals surface area contributed by atoms with Crippen LogP contribution in [0.25, 0.3) is 27.6 Å². The molecule has 11 heteroatoms. The van der Waals surface area contributed by atoms with Gasteiger partial charge in [-0.2, -0.15) is 9.78 Å². The van der Waals surface area contributed by atoms with Gasteiger partial charge in [-0.3, -0.25) is 14.5 Å². The molecule has 45 heavy (non-hydrogen) atoms. The molecule has 2 N–H and O–H groups in total. The number of halogens is 1. The maximum atomic E-state index is 15.3. The highest BCUT2D eigenvalue weighted by Gasteiger charge is 2.25. The minimum atomic E-state index is -0.636. The van der Waals surface area contributed by atoms with Gasteiger partial charge in [-0.15, -0.1) is 0 Å². The Hall–Kier alpha value is -4.87. The standard InChI is InChI=1S/C34H35FN6O4/c1-34(2,3)22-11-20-14-37-41(33(44)31(20)27(35)13-22)29-8-6-7-25(26(29)19-42)21-12-28(32(43)40(5)16-21)38-30-10-9-23(15-36-30)45-24-17-39(4)18-24/h6-16,24,42H,17-19H2,1-5H3,(H,36,38). The van der Waals surface area contributed by atoms with E-state index in [1.807, 2.05) is 27.8 Å². The highest BCUT2D eigenvalue weighted by molar-refractivity contribution is 5.83. The van der Waals surface area contributed by atoms with Crippen molar-refractivity contribution >= 4 is 22.3 Å². The van der Waals surface area contributed by atoms with Crippen LogP contribution in [-0.4, -0.2) is 55.6 Å². The fraction of sp³-hybridized carbons (Fsp3) is 0.294. The van der Waals surface area contributed by atoms with Gasteiger partial charge in [0.25, 0.3) is 11.1 Å². The monoisotopic (exact) mass is 610 g/mol. The molecule has 0 saturated carbocycles. The number of hydrogen-bond acceptors (Lipinski definition) is 8. The summed E-state index contributed by atoms with van der Waals surface area (Å²) in [7, 11) is 3.66. The average molecular weight is 611 g/mol. The number of aliphatic hydroxyl groups excluding tert-OH is 1. The molecule has 232 valence electrons. The molecule has 4 heterocycles. The summed E-state index contributed by atoms with van der Waals surface area (Å²) in [6.07, 6.45) is 4.86. The van der Waals surface area contributed by atoms with Gasteiger partial charge in [0.1, 0.15) is 29.2 Å². The number of aromatic nitrogens is 4. The number of likely N-dealkylation sites (N-methyl/N-ethyl adjacent to an activating group) is 1. The van der Waals surface area contributed by atoms with E-state index in [1.165, 1.54) is 16.8 Å². The zero-order valence-electron chi connectivity index (χ0n) is 25.8. The summed E-state index contributed by atoms with van der Waals surface area (Å²) in [5, 5.41) is 18.3. The lowest BCUT2D eigenvalue weighted by Gasteiger charge is -2.35. The molecular formula is C34H35FN6O4. The smallest absolute Gasteiger partial charge is 0.282 e. The third kappa shape index (κ3) is 5.84. The molecule has 2 aromatic carbocycles. The summed E-state index contributed by atoms with van der Waals surface area (Å²) in [4.78, 5) is 33.3. The first-order chi connectivity index (χ1) is 21.4. The number of fused-ring (bicyclic) bond motifs is 1. The van der Waals surface area contributed by atoms with Crippen molar-refractivity contribution in [2.45, 2.75) is 38.9 Å². The normalized spacial score (nSPS) is 14.0. The SMILES string of the molecule is CN1CC(Oc2ccc(Nc3cc(-c4cccc(-n5ncc6cc(C(C)(C)C)cc(F)c6c5=O)c4CO)cn(C)c3=O)nc2)C1. The number of likely N-dealkylation sites (tertiary alicyclic amines) is 1. The molecule has 3 aromatic heterocycles. The van der Waals surface area contributed by atoms with Crippen LogP contribution in [0.1, 0.15) is 31.9 Å². The maximum absolute atomic E-state index is 15.3. The molecule has 1 aliphatic rings. The predicted molar refractivity (Wildman–Crippen MR) is 172 cm³/mol. The molecule has 6 rings (SSSR count). The second-order valence-corrected chi connectivity index (χ2v) is 12.5. The van der Waals surface area contributed by atoms with E-state index in [0.29, 0.717) is 39.3 Å². The number of hydrogen-bond donors (Lipinski definition) is 2. The number of aliphatic hydroxyl groups is 1. The van der Waals surface area contributed by atoms with Crippen LogP contribution in [0.5, 0.6) is 5.75 Å². The van der Waals surface area contributed by atoms with Crippen molar-refractivity contribution < 1.29 is 14.2 Å². The molecule has 1 saturated heterocycles. The van der Waals surface area contributed by atoms with Crippen LogP contribution in [0.3, 0.4) is 0 Å². The predicted octanol–water partition coefficient (Wildman–Crippen LogP) is 4.51. The van der Waals surface area contributed by atoms with E-state index in [-0.39, 0.29) is 28.2 Å². The summed E-state index contributed by atoms with van der Waals surface area (Å²) in [5.41, 5.74) is 1.67. The van der Waals surface area contributed by atoms with E-state index in [9.17, 15) is 14.7 Å². The molecule has 0 aliphatic carbocycles. The van der Waals surface area contributed by atoms with Crippen LogP contribution >= 0.6 is 0 Å². The van der Waals surface area contributed by atoms with Gasteiger partial charge >= 0.3 is 0 Å². The van der Waals surface area contributed by atoms with Crippen LogP contribution in [0.4, 0.5) is 15.9 Å². The van der Waals surface area contributed by atoms with E-state index in [0.717, 1.165) is 23.3 Å². The van der Waals surface area contributed by atoms with E-state index in [1.54, 1.807) is 61.9 Å². The Morgan fingerprint density at radius 3 is 2.49 bits per heavy atom. The van der Waals surface area contributed by atoms with Crippen LogP contribution in [0.15, 0.2) is 76.7 Å². The van der Waals surface area contributed by atoms with Crippen LogP contribution in [-0.2, 0) is 19.1 Å². The van der Waals surface area contributed by atoms with E-state index in [4.69, 9.17) is 4.74 Å². The summed E-state index contributed by atoms with van der Waals surface area (Å²) >= 11 is 0. The fourth-order valence-electron chi connectivity index (χ4n) is 5.57. The van der Waals surface area contributed by atoms with Crippen molar-refractivity contribution in [3.05, 3.63) is 105 Å². The van der Waals surface area contributed by atoms with Crippen molar-refractivity contribution in [2.75, 3.05) is 25.5 Å².